The number of anilines is 1. The highest BCUT2D eigenvalue weighted by atomic mass is 16.5. The zero-order chi connectivity index (χ0) is 43.1. The number of rotatable bonds is 15. The third-order valence-electron chi connectivity index (χ3n) is 10.7. The number of carboxylic acid groups (broad SMARTS) is 1. The molecule has 1 saturated heterocycles. The lowest BCUT2D eigenvalue weighted by Crippen LogP contribution is -2.49. The summed E-state index contributed by atoms with van der Waals surface area (Å²) in [6.45, 7) is 10.3. The average Bonchev–Trinajstić information content (AvgIpc) is 3.97. The van der Waals surface area contributed by atoms with Gasteiger partial charge in [-0.2, -0.15) is 10.2 Å². The molecule has 314 valence electrons. The fourth-order valence-corrected chi connectivity index (χ4v) is 7.64. The predicted octanol–water partition coefficient (Wildman–Crippen LogP) is 4.13. The second-order valence-electron chi connectivity index (χ2n) is 14.8. The molecule has 4 amide bonds. The number of nitrogens with zero attached hydrogens (tertiary/aromatic N) is 11. The number of aromatic nitrogens is 10. The number of fused-ring (bicyclic) bond motifs is 4. The molecule has 6 aromatic heterocycles. The van der Waals surface area contributed by atoms with Gasteiger partial charge in [0, 0.05) is 68.0 Å². The summed E-state index contributed by atoms with van der Waals surface area (Å²) in [5.41, 5.74) is 16.4. The number of allylic oxidation sites excluding steroid dienone is 2. The lowest BCUT2D eigenvalue weighted by Gasteiger charge is -2.36. The quantitative estimate of drug-likeness (QED) is 0.106. The van der Waals surface area contributed by atoms with E-state index in [9.17, 15) is 24.3 Å². The number of aryl methyl sites for hydroxylation is 4. The van der Waals surface area contributed by atoms with Crippen LogP contribution in [0.4, 0.5) is 10.7 Å². The molecule has 0 aliphatic carbocycles. The molecule has 7 aromatic rings. The van der Waals surface area contributed by atoms with Crippen molar-refractivity contribution in [1.29, 1.82) is 0 Å². The van der Waals surface area contributed by atoms with Crippen molar-refractivity contribution in [1.82, 2.24) is 53.5 Å². The molecular weight excluding hydrogens is 785 g/mol. The number of imidazole rings is 1. The summed E-state index contributed by atoms with van der Waals surface area (Å²) < 4.78 is 13.5. The van der Waals surface area contributed by atoms with E-state index >= 15 is 0 Å². The Bertz CT molecular complexity index is 2910. The van der Waals surface area contributed by atoms with E-state index in [1.54, 1.807) is 40.6 Å². The number of benzene rings is 1. The van der Waals surface area contributed by atoms with Crippen molar-refractivity contribution < 1.29 is 29.0 Å². The van der Waals surface area contributed by atoms with Gasteiger partial charge in [0.2, 0.25) is 17.8 Å². The van der Waals surface area contributed by atoms with Crippen LogP contribution in [-0.2, 0) is 26.2 Å². The lowest BCUT2D eigenvalue weighted by atomic mass is 9.97. The highest BCUT2D eigenvalue weighted by Crippen LogP contribution is 2.37. The number of primary amides is 2. The molecule has 6 N–H and O–H groups in total. The maximum absolute atomic E-state index is 13.6. The minimum absolute atomic E-state index is 0.142. The number of amides is 4. The number of ether oxygens (including phenoxy) is 1. The fraction of sp³-hybridized carbons (Fsp3) is 0.317. The molecule has 8 rings (SSSR count). The molecule has 0 bridgehead atoms. The molecule has 1 fully saturated rings. The average molecular weight is 829 g/mol. The number of nitrogens with two attached hydrogens (primary N) is 2. The number of nitrogens with one attached hydrogen (secondary N) is 1. The zero-order valence-corrected chi connectivity index (χ0v) is 34.0. The van der Waals surface area contributed by atoms with Crippen LogP contribution in [-0.4, -0.2) is 102 Å². The van der Waals surface area contributed by atoms with Crippen LogP contribution in [0.15, 0.2) is 54.9 Å². The third-order valence-corrected chi connectivity index (χ3v) is 10.7. The Labute approximate surface area is 347 Å². The van der Waals surface area contributed by atoms with E-state index in [4.69, 9.17) is 26.2 Å². The molecule has 1 aromatic carbocycles. The van der Waals surface area contributed by atoms with Crippen LogP contribution in [0, 0.1) is 19.8 Å². The van der Waals surface area contributed by atoms with Crippen molar-refractivity contribution in [3.05, 3.63) is 83.1 Å². The van der Waals surface area contributed by atoms with E-state index in [0.29, 0.717) is 88.7 Å². The molecule has 1 aliphatic heterocycles. The Hall–Kier alpha value is -7.64. The fourth-order valence-electron chi connectivity index (χ4n) is 7.64. The van der Waals surface area contributed by atoms with E-state index < -0.39 is 23.8 Å². The highest BCUT2D eigenvalue weighted by molar-refractivity contribution is 6.12. The molecule has 20 heteroatoms. The van der Waals surface area contributed by atoms with E-state index in [2.05, 4.69) is 25.5 Å². The van der Waals surface area contributed by atoms with Crippen molar-refractivity contribution in [2.45, 2.75) is 60.3 Å². The zero-order valence-electron chi connectivity index (χ0n) is 34.0. The van der Waals surface area contributed by atoms with Gasteiger partial charge in [0.05, 0.1) is 29.1 Å². The van der Waals surface area contributed by atoms with E-state index in [-0.39, 0.29) is 42.7 Å². The van der Waals surface area contributed by atoms with Gasteiger partial charge in [-0.1, -0.05) is 12.2 Å². The smallest absolute Gasteiger partial charge is 0.407 e. The second kappa shape index (κ2) is 16.2. The maximum atomic E-state index is 13.6. The predicted molar refractivity (Wildman–Crippen MR) is 224 cm³/mol. The number of likely N-dealkylation sites (tertiary alicyclic amines) is 1. The Morgan fingerprint density at radius 3 is 2.25 bits per heavy atom. The van der Waals surface area contributed by atoms with E-state index in [1.165, 1.54) is 17.2 Å². The van der Waals surface area contributed by atoms with Crippen LogP contribution in [0.5, 0.6) is 5.75 Å². The maximum Gasteiger partial charge on any atom is 0.407 e. The van der Waals surface area contributed by atoms with Gasteiger partial charge in [0.25, 0.3) is 5.91 Å². The Balaban J connectivity index is 1.18. The summed E-state index contributed by atoms with van der Waals surface area (Å²) in [5, 5.41) is 22.5. The molecule has 61 heavy (non-hydrogen) atoms. The van der Waals surface area contributed by atoms with Crippen LogP contribution in [0.2, 0.25) is 0 Å². The van der Waals surface area contributed by atoms with Crippen molar-refractivity contribution in [2.75, 3.05) is 25.0 Å². The number of carbonyl (C=O) groups excluding carboxylic acids is 3. The minimum Gasteiger partial charge on any atom is -0.491 e. The summed E-state index contributed by atoms with van der Waals surface area (Å²) in [7, 11) is 0. The molecule has 7 heterocycles. The SMILES string of the molecule is CCn1nc(C)cc1C(=O)Nc1nc2cc(C(N)=O)cnc2n1C/C=C/Cn1c2nc(-c3cc(C)nn3CC)ncc2c2cc(C(N)=O)cc(OCCC3CN(C(=O)O)C3)c21. The number of hydrogen-bond acceptors (Lipinski definition) is 11. The van der Waals surface area contributed by atoms with Gasteiger partial charge in [0.15, 0.2) is 11.5 Å². The first-order valence-electron chi connectivity index (χ1n) is 19.8. The Morgan fingerprint density at radius 2 is 1.54 bits per heavy atom. The number of carbonyl (C=O) groups is 4. The molecule has 20 nitrogen and oxygen atoms in total. The molecule has 0 unspecified atom stereocenters. The van der Waals surface area contributed by atoms with Crippen LogP contribution >= 0.6 is 0 Å². The Kier molecular flexibility index (Phi) is 10.7. The lowest BCUT2D eigenvalue weighted by molar-refractivity contribution is 0.0717. The van der Waals surface area contributed by atoms with Gasteiger partial charge < -0.3 is 30.8 Å². The van der Waals surface area contributed by atoms with E-state index in [1.807, 2.05) is 48.2 Å². The van der Waals surface area contributed by atoms with Crippen LogP contribution < -0.4 is 21.5 Å². The van der Waals surface area contributed by atoms with Crippen molar-refractivity contribution in [2.24, 2.45) is 17.4 Å². The van der Waals surface area contributed by atoms with E-state index in [0.717, 1.165) is 11.4 Å². The molecule has 1 aliphatic rings. The first-order valence-corrected chi connectivity index (χ1v) is 19.8. The summed E-state index contributed by atoms with van der Waals surface area (Å²) >= 11 is 0. The Morgan fingerprint density at radius 1 is 0.836 bits per heavy atom. The van der Waals surface area contributed by atoms with Gasteiger partial charge in [-0.3, -0.25) is 33.6 Å². The first kappa shape index (κ1) is 40.2. The van der Waals surface area contributed by atoms with Crippen molar-refractivity contribution >= 4 is 62.9 Å². The van der Waals surface area contributed by atoms with Crippen LogP contribution in [0.25, 0.3) is 44.6 Å². The summed E-state index contributed by atoms with van der Waals surface area (Å²) in [6.07, 6.45) is 6.55. The number of hydrogen-bond donors (Lipinski definition) is 4. The summed E-state index contributed by atoms with van der Waals surface area (Å²) in [5.74, 6) is -0.510. The number of pyridine rings is 1. The van der Waals surface area contributed by atoms with Gasteiger partial charge in [-0.05, 0) is 70.4 Å². The standard InChI is InChI=1S/C41H44N14O6/c1-5-54-30(13-22(3)49-54)36-44-19-28-27-15-25(34(42)56)17-32(61-12-9-24-20-51(21-24)41(59)60)33(27)52(37(28)47-36)10-7-8-11-53-38-29(16-26(18-45-38)35(43)57)46-40(53)48-39(58)31-14-23(4)50-55(31)6-2/h7-8,13-19,24H,5-6,9-12,20-21H2,1-4H3,(H2,42,56)(H2,43,57)(H,59,60)(H,46,48,58)/b8-7+. The van der Waals surface area contributed by atoms with Crippen LogP contribution in [0.1, 0.15) is 62.9 Å². The normalized spacial score (nSPS) is 13.1. The van der Waals surface area contributed by atoms with Gasteiger partial charge in [-0.25, -0.2) is 24.7 Å². The van der Waals surface area contributed by atoms with Gasteiger partial charge in [0.1, 0.15) is 28.3 Å². The first-order chi connectivity index (χ1) is 29.3. The monoisotopic (exact) mass is 828 g/mol. The van der Waals surface area contributed by atoms with Crippen molar-refractivity contribution in [3.63, 3.8) is 0 Å². The minimum atomic E-state index is -0.950. The second-order valence-corrected chi connectivity index (χ2v) is 14.8. The topological polar surface area (TPSA) is 262 Å². The van der Waals surface area contributed by atoms with Gasteiger partial charge >= 0.3 is 6.09 Å². The summed E-state index contributed by atoms with van der Waals surface area (Å²) in [4.78, 5) is 69.8. The highest BCUT2D eigenvalue weighted by Gasteiger charge is 2.30. The molecule has 0 saturated carbocycles. The third kappa shape index (κ3) is 7.70. The largest absolute Gasteiger partial charge is 0.491 e. The summed E-state index contributed by atoms with van der Waals surface area (Å²) in [6, 6.07) is 8.46. The van der Waals surface area contributed by atoms with Crippen LogP contribution in [0.3, 0.4) is 0 Å². The van der Waals surface area contributed by atoms with Gasteiger partial charge in [-0.15, -0.1) is 0 Å². The molecule has 0 atom stereocenters. The molecule has 0 radical (unpaired) electrons. The molecular formula is C41H44N14O6. The van der Waals surface area contributed by atoms with Crippen molar-refractivity contribution in [3.8, 4) is 17.3 Å². The molecule has 0 spiro atoms.